The van der Waals surface area contributed by atoms with Crippen molar-refractivity contribution < 1.29 is 9.53 Å². The Balaban J connectivity index is 1.92. The number of hydrogen-bond donors (Lipinski definition) is 2. The van der Waals surface area contributed by atoms with Gasteiger partial charge < -0.3 is 10.1 Å². The molecule has 0 aliphatic carbocycles. The summed E-state index contributed by atoms with van der Waals surface area (Å²) in [6, 6.07) is 7.58. The molecule has 1 amide bonds. The van der Waals surface area contributed by atoms with Crippen molar-refractivity contribution in [2.45, 2.75) is 32.9 Å². The van der Waals surface area contributed by atoms with Crippen LogP contribution in [0, 0.1) is 4.77 Å². The molecule has 1 aromatic carbocycles. The second-order valence-electron chi connectivity index (χ2n) is 4.91. The zero-order valence-corrected chi connectivity index (χ0v) is 13.6. The molecule has 1 heterocycles. The Hall–Kier alpha value is -2.15. The topological polar surface area (TPSA) is 71.9 Å². The van der Waals surface area contributed by atoms with E-state index < -0.39 is 0 Å². The summed E-state index contributed by atoms with van der Waals surface area (Å²) in [5, 5.41) is 9.77. The van der Waals surface area contributed by atoms with E-state index in [1.54, 1.807) is 11.7 Å². The zero-order valence-electron chi connectivity index (χ0n) is 12.8. The Morgan fingerprint density at radius 2 is 2.14 bits per heavy atom. The van der Waals surface area contributed by atoms with Crippen LogP contribution in [0.15, 0.2) is 24.3 Å². The van der Waals surface area contributed by atoms with Gasteiger partial charge in [0, 0.05) is 13.0 Å². The number of rotatable bonds is 7. The molecule has 0 atom stereocenters. The lowest BCUT2D eigenvalue weighted by molar-refractivity contribution is -0.121. The second-order valence-corrected chi connectivity index (χ2v) is 5.29. The predicted octanol–water partition coefficient (Wildman–Crippen LogP) is 2.22. The first-order valence-corrected chi connectivity index (χ1v) is 7.58. The van der Waals surface area contributed by atoms with Crippen LogP contribution in [0.3, 0.4) is 0 Å². The van der Waals surface area contributed by atoms with E-state index in [1.165, 1.54) is 0 Å². The maximum atomic E-state index is 12.1. The first kappa shape index (κ1) is 16.2. The van der Waals surface area contributed by atoms with Gasteiger partial charge in [-0.3, -0.25) is 14.5 Å². The number of hydrogen-bond acceptors (Lipinski definition) is 4. The molecule has 0 spiro atoms. The van der Waals surface area contributed by atoms with E-state index in [1.807, 2.05) is 24.3 Å². The van der Waals surface area contributed by atoms with Gasteiger partial charge in [0.25, 0.3) is 0 Å². The minimum Gasteiger partial charge on any atom is -0.497 e. The van der Waals surface area contributed by atoms with Crippen LogP contribution in [0.5, 0.6) is 5.75 Å². The van der Waals surface area contributed by atoms with E-state index in [2.05, 4.69) is 22.4 Å². The standard InChI is InChI=1S/C15H20N4O2S/c1-3-4-13-17-18-15(22)19(13)10-14(20)16-9-11-5-7-12(21-2)8-6-11/h5-8H,3-4,9-10H2,1-2H3,(H,16,20)(H,18,22). The molecule has 2 aromatic rings. The van der Waals surface area contributed by atoms with Crippen LogP contribution in [0.1, 0.15) is 24.7 Å². The lowest BCUT2D eigenvalue weighted by Gasteiger charge is -2.08. The first-order valence-electron chi connectivity index (χ1n) is 7.17. The van der Waals surface area contributed by atoms with Gasteiger partial charge in [0.2, 0.25) is 5.91 Å². The molecule has 0 aliphatic rings. The van der Waals surface area contributed by atoms with Crippen LogP contribution in [-0.2, 0) is 24.3 Å². The Labute approximate surface area is 134 Å². The number of H-pyrrole nitrogens is 1. The van der Waals surface area contributed by atoms with E-state index in [4.69, 9.17) is 17.0 Å². The van der Waals surface area contributed by atoms with E-state index in [9.17, 15) is 4.79 Å². The van der Waals surface area contributed by atoms with Crippen molar-refractivity contribution in [2.24, 2.45) is 0 Å². The Kier molecular flexibility index (Phi) is 5.71. The molecule has 22 heavy (non-hydrogen) atoms. The molecule has 0 fully saturated rings. The third-order valence-electron chi connectivity index (χ3n) is 3.26. The maximum Gasteiger partial charge on any atom is 0.240 e. The van der Waals surface area contributed by atoms with Crippen molar-refractivity contribution in [3.63, 3.8) is 0 Å². The van der Waals surface area contributed by atoms with E-state index in [0.29, 0.717) is 11.3 Å². The monoisotopic (exact) mass is 320 g/mol. The third-order valence-corrected chi connectivity index (χ3v) is 3.57. The van der Waals surface area contributed by atoms with Crippen LogP contribution < -0.4 is 10.1 Å². The molecule has 0 saturated heterocycles. The molecule has 1 aromatic heterocycles. The highest BCUT2D eigenvalue weighted by atomic mass is 32.1. The normalized spacial score (nSPS) is 10.5. The minimum absolute atomic E-state index is 0.0920. The molecule has 0 aliphatic heterocycles. The fourth-order valence-electron chi connectivity index (χ4n) is 2.07. The van der Waals surface area contributed by atoms with Gasteiger partial charge >= 0.3 is 0 Å². The number of nitrogens with zero attached hydrogens (tertiary/aromatic N) is 2. The Bertz CT molecular complexity index is 676. The van der Waals surface area contributed by atoms with Gasteiger partial charge in [0.1, 0.15) is 18.1 Å². The van der Waals surface area contributed by atoms with Gasteiger partial charge in [-0.2, -0.15) is 5.10 Å². The quantitative estimate of drug-likeness (QED) is 0.767. The minimum atomic E-state index is -0.0920. The number of ether oxygens (including phenoxy) is 1. The molecule has 7 heteroatoms. The number of aryl methyl sites for hydroxylation is 1. The summed E-state index contributed by atoms with van der Waals surface area (Å²) in [5.74, 6) is 1.52. The lowest BCUT2D eigenvalue weighted by Crippen LogP contribution is -2.27. The number of carbonyl (C=O) groups excluding carboxylic acids is 1. The van der Waals surface area contributed by atoms with Gasteiger partial charge in [-0.25, -0.2) is 0 Å². The molecular weight excluding hydrogens is 300 g/mol. The maximum absolute atomic E-state index is 12.1. The molecule has 0 bridgehead atoms. The summed E-state index contributed by atoms with van der Waals surface area (Å²) in [6.07, 6.45) is 1.74. The molecule has 0 saturated carbocycles. The van der Waals surface area contributed by atoms with Crippen molar-refractivity contribution in [1.82, 2.24) is 20.1 Å². The molecule has 2 rings (SSSR count). The summed E-state index contributed by atoms with van der Waals surface area (Å²) in [7, 11) is 1.62. The number of aromatic amines is 1. The van der Waals surface area contributed by atoms with Crippen LogP contribution >= 0.6 is 12.2 Å². The molecule has 118 valence electrons. The van der Waals surface area contributed by atoms with Crippen LogP contribution in [0.25, 0.3) is 0 Å². The molecule has 6 nitrogen and oxygen atoms in total. The van der Waals surface area contributed by atoms with E-state index >= 15 is 0 Å². The van der Waals surface area contributed by atoms with Gasteiger partial charge in [-0.1, -0.05) is 19.1 Å². The highest BCUT2D eigenvalue weighted by molar-refractivity contribution is 7.71. The van der Waals surface area contributed by atoms with Crippen molar-refractivity contribution in [3.05, 3.63) is 40.4 Å². The highest BCUT2D eigenvalue weighted by Crippen LogP contribution is 2.11. The van der Waals surface area contributed by atoms with E-state index in [-0.39, 0.29) is 12.5 Å². The second kappa shape index (κ2) is 7.74. The van der Waals surface area contributed by atoms with Gasteiger partial charge in [-0.05, 0) is 36.3 Å². The summed E-state index contributed by atoms with van der Waals surface area (Å²) >= 11 is 5.16. The number of carbonyl (C=O) groups is 1. The van der Waals surface area contributed by atoms with E-state index in [0.717, 1.165) is 30.0 Å². The third kappa shape index (κ3) is 4.17. The van der Waals surface area contributed by atoms with Crippen molar-refractivity contribution >= 4 is 18.1 Å². The fourth-order valence-corrected chi connectivity index (χ4v) is 2.29. The predicted molar refractivity (Wildman–Crippen MR) is 86.2 cm³/mol. The van der Waals surface area contributed by atoms with Crippen molar-refractivity contribution in [2.75, 3.05) is 7.11 Å². The van der Waals surface area contributed by atoms with Crippen molar-refractivity contribution in [3.8, 4) is 5.75 Å². The zero-order chi connectivity index (χ0) is 15.9. The van der Waals surface area contributed by atoms with Gasteiger partial charge in [0.05, 0.1) is 7.11 Å². The number of nitrogens with one attached hydrogen (secondary N) is 2. The van der Waals surface area contributed by atoms with Crippen LogP contribution in [-0.4, -0.2) is 27.8 Å². The number of amides is 1. The average molecular weight is 320 g/mol. The molecular formula is C15H20N4O2S. The lowest BCUT2D eigenvalue weighted by atomic mass is 10.2. The van der Waals surface area contributed by atoms with Crippen molar-refractivity contribution in [1.29, 1.82) is 0 Å². The fraction of sp³-hybridized carbons (Fsp3) is 0.400. The largest absolute Gasteiger partial charge is 0.497 e. The van der Waals surface area contributed by atoms with Gasteiger partial charge in [0.15, 0.2) is 4.77 Å². The Morgan fingerprint density at radius 3 is 2.77 bits per heavy atom. The summed E-state index contributed by atoms with van der Waals surface area (Å²) in [4.78, 5) is 12.1. The smallest absolute Gasteiger partial charge is 0.240 e. The summed E-state index contributed by atoms with van der Waals surface area (Å²) in [6.45, 7) is 2.71. The summed E-state index contributed by atoms with van der Waals surface area (Å²) in [5.41, 5.74) is 1.01. The SMILES string of the molecule is CCCc1n[nH]c(=S)n1CC(=O)NCc1ccc(OC)cc1. The number of aromatic nitrogens is 3. The summed E-state index contributed by atoms with van der Waals surface area (Å²) < 4.78 is 7.31. The molecule has 0 unspecified atom stereocenters. The average Bonchev–Trinajstić information content (AvgIpc) is 2.87. The highest BCUT2D eigenvalue weighted by Gasteiger charge is 2.09. The number of methoxy groups -OCH3 is 1. The Morgan fingerprint density at radius 1 is 1.41 bits per heavy atom. The first-order chi connectivity index (χ1) is 10.6. The molecule has 0 radical (unpaired) electrons. The number of benzene rings is 1. The van der Waals surface area contributed by atoms with Crippen LogP contribution in [0.2, 0.25) is 0 Å². The van der Waals surface area contributed by atoms with Crippen LogP contribution in [0.4, 0.5) is 0 Å². The van der Waals surface area contributed by atoms with Gasteiger partial charge in [-0.15, -0.1) is 0 Å². The molecule has 2 N–H and O–H groups in total.